The molecule has 0 amide bonds. The Balaban J connectivity index is 1.77. The highest BCUT2D eigenvalue weighted by Crippen LogP contribution is 2.19. The number of hydrogen-bond donors (Lipinski definition) is 1. The molecular formula is C13H13N3O2S. The van der Waals surface area contributed by atoms with Gasteiger partial charge in [-0.25, -0.2) is 4.98 Å². The molecule has 0 radical (unpaired) electrons. The van der Waals surface area contributed by atoms with Gasteiger partial charge in [-0.3, -0.25) is 9.38 Å². The maximum absolute atomic E-state index is 9.26. The van der Waals surface area contributed by atoms with Crippen LogP contribution < -0.4 is 4.74 Å². The van der Waals surface area contributed by atoms with Crippen LogP contribution in [-0.4, -0.2) is 19.5 Å². The Morgan fingerprint density at radius 2 is 2.26 bits per heavy atom. The van der Waals surface area contributed by atoms with Crippen LogP contribution in [0.3, 0.4) is 0 Å². The molecule has 6 heteroatoms. The highest BCUT2D eigenvalue weighted by Gasteiger charge is 2.07. The van der Waals surface area contributed by atoms with Gasteiger partial charge in [-0.05, 0) is 19.1 Å². The number of fused-ring (bicyclic) bond motifs is 1. The van der Waals surface area contributed by atoms with E-state index >= 15 is 0 Å². The monoisotopic (exact) mass is 275 g/mol. The molecule has 98 valence electrons. The van der Waals surface area contributed by atoms with Gasteiger partial charge in [0.1, 0.15) is 18.1 Å². The maximum Gasteiger partial charge on any atom is 0.193 e. The fraction of sp³-hybridized carbons (Fsp3) is 0.231. The second kappa shape index (κ2) is 4.99. The number of nitrogens with zero attached hydrogens (tertiary/aromatic N) is 3. The minimum Gasteiger partial charge on any atom is -0.485 e. The van der Waals surface area contributed by atoms with Gasteiger partial charge < -0.3 is 9.84 Å². The Morgan fingerprint density at radius 3 is 3.05 bits per heavy atom. The molecule has 0 aliphatic heterocycles. The van der Waals surface area contributed by atoms with Gasteiger partial charge in [0.15, 0.2) is 4.96 Å². The topological polar surface area (TPSA) is 59.7 Å². The van der Waals surface area contributed by atoms with Crippen LogP contribution in [0.25, 0.3) is 4.96 Å². The van der Waals surface area contributed by atoms with Gasteiger partial charge >= 0.3 is 0 Å². The van der Waals surface area contributed by atoms with Crippen LogP contribution in [0.5, 0.6) is 5.75 Å². The summed E-state index contributed by atoms with van der Waals surface area (Å²) in [6, 6.07) is 3.69. The highest BCUT2D eigenvalue weighted by atomic mass is 32.1. The van der Waals surface area contributed by atoms with Gasteiger partial charge in [0.2, 0.25) is 0 Å². The van der Waals surface area contributed by atoms with E-state index in [1.807, 2.05) is 41.2 Å². The van der Waals surface area contributed by atoms with Crippen LogP contribution in [0.15, 0.2) is 29.9 Å². The van der Waals surface area contributed by atoms with Crippen molar-refractivity contribution in [2.75, 3.05) is 0 Å². The SMILES string of the molecule is Cc1ccc(OCc2cn3ccsc3n2)c(CO)n1. The van der Waals surface area contributed by atoms with Gasteiger partial charge in [-0.15, -0.1) is 11.3 Å². The Bertz CT molecular complexity index is 676. The molecular weight excluding hydrogens is 262 g/mol. The number of hydrogen-bond acceptors (Lipinski definition) is 5. The summed E-state index contributed by atoms with van der Waals surface area (Å²) in [6.45, 7) is 2.12. The normalized spacial score (nSPS) is 11.1. The highest BCUT2D eigenvalue weighted by molar-refractivity contribution is 7.15. The van der Waals surface area contributed by atoms with E-state index < -0.39 is 0 Å². The molecule has 0 fully saturated rings. The zero-order chi connectivity index (χ0) is 13.2. The molecule has 1 N–H and O–H groups in total. The molecule has 0 saturated carbocycles. The maximum atomic E-state index is 9.26. The number of pyridine rings is 1. The van der Waals surface area contributed by atoms with Crippen molar-refractivity contribution in [3.05, 3.63) is 47.0 Å². The first-order valence-electron chi connectivity index (χ1n) is 5.87. The first-order valence-corrected chi connectivity index (χ1v) is 6.75. The zero-order valence-corrected chi connectivity index (χ0v) is 11.2. The van der Waals surface area contributed by atoms with E-state index in [1.165, 1.54) is 0 Å². The average molecular weight is 275 g/mol. The van der Waals surface area contributed by atoms with Crippen LogP contribution in [-0.2, 0) is 13.2 Å². The van der Waals surface area contributed by atoms with E-state index in [2.05, 4.69) is 9.97 Å². The summed E-state index contributed by atoms with van der Waals surface area (Å²) in [7, 11) is 0. The predicted molar refractivity (Wildman–Crippen MR) is 72.3 cm³/mol. The van der Waals surface area contributed by atoms with Crippen LogP contribution in [0.1, 0.15) is 17.1 Å². The van der Waals surface area contributed by atoms with E-state index in [0.29, 0.717) is 18.1 Å². The summed E-state index contributed by atoms with van der Waals surface area (Å²) < 4.78 is 7.64. The molecule has 3 aromatic heterocycles. The lowest BCUT2D eigenvalue weighted by molar-refractivity contribution is 0.252. The molecule has 0 spiro atoms. The molecule has 3 heterocycles. The summed E-state index contributed by atoms with van der Waals surface area (Å²) in [6.07, 6.45) is 3.90. The smallest absolute Gasteiger partial charge is 0.193 e. The van der Waals surface area contributed by atoms with Crippen LogP contribution in [0, 0.1) is 6.92 Å². The lowest BCUT2D eigenvalue weighted by Crippen LogP contribution is -2.01. The lowest BCUT2D eigenvalue weighted by atomic mass is 10.3. The largest absolute Gasteiger partial charge is 0.485 e. The van der Waals surface area contributed by atoms with Gasteiger partial charge in [-0.1, -0.05) is 0 Å². The molecule has 5 nitrogen and oxygen atoms in total. The third-order valence-electron chi connectivity index (χ3n) is 2.74. The van der Waals surface area contributed by atoms with Crippen molar-refractivity contribution in [3.8, 4) is 5.75 Å². The Labute approximate surface area is 114 Å². The van der Waals surface area contributed by atoms with E-state index in [9.17, 15) is 5.11 Å². The van der Waals surface area contributed by atoms with Gasteiger partial charge in [0.25, 0.3) is 0 Å². The summed E-state index contributed by atoms with van der Waals surface area (Å²) in [5, 5.41) is 11.2. The molecule has 0 atom stereocenters. The van der Waals surface area contributed by atoms with Crippen molar-refractivity contribution in [3.63, 3.8) is 0 Å². The van der Waals surface area contributed by atoms with E-state index in [-0.39, 0.29) is 6.61 Å². The average Bonchev–Trinajstić information content (AvgIpc) is 2.97. The molecule has 0 aliphatic carbocycles. The number of aliphatic hydroxyl groups is 1. The molecule has 0 bridgehead atoms. The Kier molecular flexibility index (Phi) is 3.18. The Morgan fingerprint density at radius 1 is 1.37 bits per heavy atom. The summed E-state index contributed by atoms with van der Waals surface area (Å²) in [4.78, 5) is 9.62. The minimum absolute atomic E-state index is 0.130. The lowest BCUT2D eigenvalue weighted by Gasteiger charge is -2.08. The van der Waals surface area contributed by atoms with Crippen molar-refractivity contribution < 1.29 is 9.84 Å². The van der Waals surface area contributed by atoms with Crippen LogP contribution in [0.4, 0.5) is 0 Å². The fourth-order valence-corrected chi connectivity index (χ4v) is 2.56. The van der Waals surface area contributed by atoms with Crippen molar-refractivity contribution in [1.82, 2.24) is 14.4 Å². The quantitative estimate of drug-likeness (QED) is 0.792. The number of thiazole rings is 1. The summed E-state index contributed by atoms with van der Waals surface area (Å²) in [5.74, 6) is 0.601. The molecule has 0 saturated heterocycles. The summed E-state index contributed by atoms with van der Waals surface area (Å²) in [5.41, 5.74) is 2.27. The molecule has 19 heavy (non-hydrogen) atoms. The first-order chi connectivity index (χ1) is 9.26. The van der Waals surface area contributed by atoms with Crippen molar-refractivity contribution in [2.45, 2.75) is 20.1 Å². The molecule has 3 rings (SSSR count). The Hall–Kier alpha value is -1.92. The number of ether oxygens (including phenoxy) is 1. The van der Waals surface area contributed by atoms with Gasteiger partial charge in [-0.2, -0.15) is 0 Å². The number of imidazole rings is 1. The molecule has 0 aromatic carbocycles. The van der Waals surface area contributed by atoms with E-state index in [0.717, 1.165) is 16.3 Å². The van der Waals surface area contributed by atoms with Crippen molar-refractivity contribution >= 4 is 16.3 Å². The molecule has 0 aliphatic rings. The third-order valence-corrected chi connectivity index (χ3v) is 3.51. The second-order valence-corrected chi connectivity index (χ2v) is 5.04. The molecule has 3 aromatic rings. The summed E-state index contributed by atoms with van der Waals surface area (Å²) >= 11 is 1.58. The zero-order valence-electron chi connectivity index (χ0n) is 10.4. The second-order valence-electron chi connectivity index (χ2n) is 4.17. The van der Waals surface area contributed by atoms with E-state index in [4.69, 9.17) is 4.74 Å². The van der Waals surface area contributed by atoms with Crippen LogP contribution >= 0.6 is 11.3 Å². The molecule has 0 unspecified atom stereocenters. The number of aliphatic hydroxyl groups excluding tert-OH is 1. The number of rotatable bonds is 4. The number of aryl methyl sites for hydroxylation is 1. The fourth-order valence-electron chi connectivity index (χ4n) is 1.84. The predicted octanol–water partition coefficient (Wildman–Crippen LogP) is 2.17. The number of aromatic nitrogens is 3. The van der Waals surface area contributed by atoms with Crippen LogP contribution in [0.2, 0.25) is 0 Å². The van der Waals surface area contributed by atoms with Gasteiger partial charge in [0.05, 0.1) is 12.3 Å². The van der Waals surface area contributed by atoms with Gasteiger partial charge in [0, 0.05) is 23.5 Å². The minimum atomic E-state index is -0.130. The third kappa shape index (κ3) is 2.45. The van der Waals surface area contributed by atoms with Crippen molar-refractivity contribution in [2.24, 2.45) is 0 Å². The van der Waals surface area contributed by atoms with E-state index in [1.54, 1.807) is 11.3 Å². The standard InChI is InChI=1S/C13H13N3O2S/c1-9-2-3-12(11(7-17)14-9)18-8-10-6-16-4-5-19-13(16)15-10/h2-6,17H,7-8H2,1H3. The van der Waals surface area contributed by atoms with Crippen molar-refractivity contribution in [1.29, 1.82) is 0 Å². The first kappa shape index (κ1) is 12.1.